The fourth-order valence-corrected chi connectivity index (χ4v) is 1.91. The summed E-state index contributed by atoms with van der Waals surface area (Å²) in [6.45, 7) is 3.73. The molecule has 0 heterocycles. The van der Waals surface area contributed by atoms with E-state index in [-0.39, 0.29) is 0 Å². The molecule has 96 valence electrons. The van der Waals surface area contributed by atoms with Crippen molar-refractivity contribution in [3.63, 3.8) is 0 Å². The van der Waals surface area contributed by atoms with Gasteiger partial charge in [0.25, 0.3) is 0 Å². The Hall–Kier alpha value is -0.580. The number of hydrogen-bond acceptors (Lipinski definition) is 3. The number of hydrogen-bond donors (Lipinski definition) is 1. The van der Waals surface area contributed by atoms with E-state index in [0.29, 0.717) is 6.42 Å². The van der Waals surface area contributed by atoms with Crippen molar-refractivity contribution in [3.05, 3.63) is 28.2 Å². The van der Waals surface area contributed by atoms with E-state index in [9.17, 15) is 5.11 Å². The number of ether oxygens (including phenoxy) is 2. The van der Waals surface area contributed by atoms with Gasteiger partial charge in [-0.25, -0.2) is 0 Å². The molecule has 0 aliphatic heterocycles. The highest BCUT2D eigenvalue weighted by Crippen LogP contribution is 2.27. The second-order valence-electron chi connectivity index (χ2n) is 4.48. The Kier molecular flexibility index (Phi) is 4.98. The lowest BCUT2D eigenvalue weighted by Crippen LogP contribution is -2.39. The lowest BCUT2D eigenvalue weighted by molar-refractivity contribution is -0.0766. The van der Waals surface area contributed by atoms with Crippen molar-refractivity contribution in [2.24, 2.45) is 0 Å². The molecule has 0 amide bonds. The molecule has 0 aliphatic carbocycles. The zero-order chi connectivity index (χ0) is 13.1. The van der Waals surface area contributed by atoms with Crippen LogP contribution in [0, 0.1) is 0 Å². The molecule has 0 fully saturated rings. The SMILES string of the molecule is COc1ccc(Br)cc1CC(O)C(C)(C)OC. The Bertz CT molecular complexity index is 377. The van der Waals surface area contributed by atoms with Gasteiger partial charge in [-0.05, 0) is 37.6 Å². The van der Waals surface area contributed by atoms with E-state index in [2.05, 4.69) is 15.9 Å². The highest BCUT2D eigenvalue weighted by atomic mass is 79.9. The van der Waals surface area contributed by atoms with E-state index in [0.717, 1.165) is 15.8 Å². The maximum Gasteiger partial charge on any atom is 0.122 e. The van der Waals surface area contributed by atoms with Crippen molar-refractivity contribution in [3.8, 4) is 5.75 Å². The molecule has 1 aromatic carbocycles. The lowest BCUT2D eigenvalue weighted by Gasteiger charge is -2.29. The fourth-order valence-electron chi connectivity index (χ4n) is 1.50. The minimum atomic E-state index is -0.587. The van der Waals surface area contributed by atoms with Crippen LogP contribution in [0.4, 0.5) is 0 Å². The summed E-state index contributed by atoms with van der Waals surface area (Å²) < 4.78 is 11.5. The molecule has 1 N–H and O–H groups in total. The summed E-state index contributed by atoms with van der Waals surface area (Å²) in [5.74, 6) is 0.777. The van der Waals surface area contributed by atoms with Gasteiger partial charge in [-0.15, -0.1) is 0 Å². The molecule has 0 aliphatic rings. The van der Waals surface area contributed by atoms with Crippen LogP contribution in [0.5, 0.6) is 5.75 Å². The van der Waals surface area contributed by atoms with Crippen LogP contribution in [-0.2, 0) is 11.2 Å². The summed E-state index contributed by atoms with van der Waals surface area (Å²) >= 11 is 3.41. The highest BCUT2D eigenvalue weighted by Gasteiger charge is 2.28. The number of halogens is 1. The minimum Gasteiger partial charge on any atom is -0.496 e. The molecule has 1 rings (SSSR count). The third-order valence-corrected chi connectivity index (χ3v) is 3.48. The Labute approximate surface area is 111 Å². The molecular formula is C13H19BrO3. The Morgan fingerprint density at radius 2 is 2.00 bits per heavy atom. The zero-order valence-electron chi connectivity index (χ0n) is 10.7. The summed E-state index contributed by atoms with van der Waals surface area (Å²) in [6.07, 6.45) is -0.0978. The zero-order valence-corrected chi connectivity index (χ0v) is 12.2. The molecule has 1 atom stereocenters. The second-order valence-corrected chi connectivity index (χ2v) is 5.40. The second kappa shape index (κ2) is 5.85. The molecule has 3 nitrogen and oxygen atoms in total. The molecule has 4 heteroatoms. The van der Waals surface area contributed by atoms with Crippen LogP contribution in [0.15, 0.2) is 22.7 Å². The average Bonchev–Trinajstić information content (AvgIpc) is 2.29. The van der Waals surface area contributed by atoms with Gasteiger partial charge in [0.05, 0.1) is 18.8 Å². The van der Waals surface area contributed by atoms with Gasteiger partial charge >= 0.3 is 0 Å². The molecule has 0 aromatic heterocycles. The number of rotatable bonds is 5. The molecule has 0 spiro atoms. The molecule has 0 radical (unpaired) electrons. The monoisotopic (exact) mass is 302 g/mol. The van der Waals surface area contributed by atoms with E-state index in [1.54, 1.807) is 14.2 Å². The molecule has 1 aromatic rings. The molecule has 1 unspecified atom stereocenters. The van der Waals surface area contributed by atoms with E-state index in [4.69, 9.17) is 9.47 Å². The molecule has 0 saturated carbocycles. The van der Waals surface area contributed by atoms with Crippen LogP contribution in [-0.4, -0.2) is 31.0 Å². The topological polar surface area (TPSA) is 38.7 Å². The standard InChI is InChI=1S/C13H19BrO3/c1-13(2,17-4)12(15)8-9-7-10(14)5-6-11(9)16-3/h5-7,12,15H,8H2,1-4H3. The summed E-state index contributed by atoms with van der Waals surface area (Å²) in [5.41, 5.74) is 0.382. The number of aliphatic hydroxyl groups excluding tert-OH is 1. The first-order chi connectivity index (χ1) is 7.90. The van der Waals surface area contributed by atoms with Crippen molar-refractivity contribution >= 4 is 15.9 Å². The van der Waals surface area contributed by atoms with Crippen LogP contribution in [0.2, 0.25) is 0 Å². The minimum absolute atomic E-state index is 0.490. The third kappa shape index (κ3) is 3.69. The van der Waals surface area contributed by atoms with Crippen LogP contribution in [0.25, 0.3) is 0 Å². The number of benzene rings is 1. The number of methoxy groups -OCH3 is 2. The quantitative estimate of drug-likeness (QED) is 0.909. The van der Waals surface area contributed by atoms with Gasteiger partial charge in [-0.1, -0.05) is 15.9 Å². The molecule has 17 heavy (non-hydrogen) atoms. The largest absolute Gasteiger partial charge is 0.496 e. The summed E-state index contributed by atoms with van der Waals surface area (Å²) in [6, 6.07) is 5.75. The van der Waals surface area contributed by atoms with Gasteiger partial charge in [0, 0.05) is 18.0 Å². The maximum atomic E-state index is 10.1. The predicted molar refractivity (Wildman–Crippen MR) is 71.5 cm³/mol. The van der Waals surface area contributed by atoms with Crippen molar-refractivity contribution in [2.45, 2.75) is 32.0 Å². The van der Waals surface area contributed by atoms with E-state index in [1.165, 1.54) is 0 Å². The van der Waals surface area contributed by atoms with Gasteiger partial charge in [0.2, 0.25) is 0 Å². The van der Waals surface area contributed by atoms with Crippen molar-refractivity contribution in [1.82, 2.24) is 0 Å². The van der Waals surface area contributed by atoms with Crippen LogP contribution >= 0.6 is 15.9 Å². The van der Waals surface area contributed by atoms with Crippen molar-refractivity contribution < 1.29 is 14.6 Å². The summed E-state index contributed by atoms with van der Waals surface area (Å²) in [5, 5.41) is 10.1. The van der Waals surface area contributed by atoms with E-state index >= 15 is 0 Å². The smallest absolute Gasteiger partial charge is 0.122 e. The van der Waals surface area contributed by atoms with Gasteiger partial charge in [-0.2, -0.15) is 0 Å². The average molecular weight is 303 g/mol. The molecule has 0 bridgehead atoms. The fraction of sp³-hybridized carbons (Fsp3) is 0.538. The first-order valence-corrected chi connectivity index (χ1v) is 6.25. The Morgan fingerprint density at radius 1 is 1.35 bits per heavy atom. The van der Waals surface area contributed by atoms with Gasteiger partial charge in [-0.3, -0.25) is 0 Å². The number of aliphatic hydroxyl groups is 1. The summed E-state index contributed by atoms with van der Waals surface area (Å²) in [4.78, 5) is 0. The van der Waals surface area contributed by atoms with E-state index < -0.39 is 11.7 Å². The highest BCUT2D eigenvalue weighted by molar-refractivity contribution is 9.10. The Morgan fingerprint density at radius 3 is 2.53 bits per heavy atom. The van der Waals surface area contributed by atoms with Crippen molar-refractivity contribution in [2.75, 3.05) is 14.2 Å². The molecular weight excluding hydrogens is 284 g/mol. The maximum absolute atomic E-state index is 10.1. The van der Waals surface area contributed by atoms with Crippen molar-refractivity contribution in [1.29, 1.82) is 0 Å². The van der Waals surface area contributed by atoms with Crippen LogP contribution in [0.3, 0.4) is 0 Å². The normalized spacial score (nSPS) is 13.5. The lowest BCUT2D eigenvalue weighted by atomic mass is 9.94. The predicted octanol–water partition coefficient (Wildman–Crippen LogP) is 2.79. The first-order valence-electron chi connectivity index (χ1n) is 5.46. The van der Waals surface area contributed by atoms with Crippen LogP contribution < -0.4 is 4.74 Å². The third-order valence-electron chi connectivity index (χ3n) is 2.98. The van der Waals surface area contributed by atoms with Gasteiger partial charge in [0.1, 0.15) is 5.75 Å². The molecule has 0 saturated heterocycles. The van der Waals surface area contributed by atoms with E-state index in [1.807, 2.05) is 32.0 Å². The van der Waals surface area contributed by atoms with Crippen LogP contribution in [0.1, 0.15) is 19.4 Å². The Balaban J connectivity index is 2.91. The summed E-state index contributed by atoms with van der Waals surface area (Å²) in [7, 11) is 3.22. The first kappa shape index (κ1) is 14.5. The van der Waals surface area contributed by atoms with Gasteiger partial charge in [0.15, 0.2) is 0 Å². The van der Waals surface area contributed by atoms with Gasteiger partial charge < -0.3 is 14.6 Å².